The minimum atomic E-state index is 0.254. The number of aliphatic hydroxyl groups excluding tert-OH is 1. The van der Waals surface area contributed by atoms with Crippen LogP contribution in [0.5, 0.6) is 0 Å². The summed E-state index contributed by atoms with van der Waals surface area (Å²) in [5.41, 5.74) is 0. The van der Waals surface area contributed by atoms with Crippen LogP contribution in [0.25, 0.3) is 0 Å². The average molecular weight is 263 g/mol. The van der Waals surface area contributed by atoms with Crippen LogP contribution in [0, 0.1) is 0 Å². The number of halogens is 2. The summed E-state index contributed by atoms with van der Waals surface area (Å²) in [4.78, 5) is 6.19. The molecular formula is C11H16Cl2N2O. The van der Waals surface area contributed by atoms with Gasteiger partial charge in [0.05, 0.1) is 10.0 Å². The van der Waals surface area contributed by atoms with Gasteiger partial charge in [-0.1, -0.05) is 23.2 Å². The summed E-state index contributed by atoms with van der Waals surface area (Å²) >= 11 is 11.8. The van der Waals surface area contributed by atoms with Crippen LogP contribution in [0.15, 0.2) is 12.3 Å². The highest BCUT2D eigenvalue weighted by Crippen LogP contribution is 2.25. The Morgan fingerprint density at radius 2 is 2.06 bits per heavy atom. The van der Waals surface area contributed by atoms with Gasteiger partial charge in [-0.25, -0.2) is 4.98 Å². The molecule has 1 rings (SSSR count). The molecule has 5 heteroatoms. The second-order valence-electron chi connectivity index (χ2n) is 3.66. The minimum Gasteiger partial charge on any atom is -0.396 e. The highest BCUT2D eigenvalue weighted by atomic mass is 35.5. The summed E-state index contributed by atoms with van der Waals surface area (Å²) in [5, 5.41) is 9.77. The van der Waals surface area contributed by atoms with E-state index in [1.54, 1.807) is 12.3 Å². The average Bonchev–Trinajstić information content (AvgIpc) is 2.24. The van der Waals surface area contributed by atoms with Gasteiger partial charge in [0.25, 0.3) is 0 Å². The molecule has 0 radical (unpaired) electrons. The van der Waals surface area contributed by atoms with Crippen LogP contribution < -0.4 is 4.90 Å². The van der Waals surface area contributed by atoms with Crippen LogP contribution in [0.1, 0.15) is 19.3 Å². The number of hydrogen-bond acceptors (Lipinski definition) is 3. The van der Waals surface area contributed by atoms with Crippen LogP contribution in [0.3, 0.4) is 0 Å². The number of aromatic nitrogens is 1. The van der Waals surface area contributed by atoms with Crippen molar-refractivity contribution < 1.29 is 5.11 Å². The summed E-state index contributed by atoms with van der Waals surface area (Å²) in [5.74, 6) is 0.745. The Hall–Kier alpha value is -0.510. The molecule has 1 aromatic heterocycles. The number of pyridine rings is 1. The molecule has 0 aromatic carbocycles. The molecule has 0 aliphatic heterocycles. The molecule has 0 atom stereocenters. The number of rotatable bonds is 6. The SMILES string of the molecule is CN(CCCCCO)c1ncc(Cl)cc1Cl. The Balaban J connectivity index is 2.49. The summed E-state index contributed by atoms with van der Waals surface area (Å²) in [6.45, 7) is 1.12. The monoisotopic (exact) mass is 262 g/mol. The normalized spacial score (nSPS) is 10.5. The molecule has 3 nitrogen and oxygen atoms in total. The second-order valence-corrected chi connectivity index (χ2v) is 4.51. The van der Waals surface area contributed by atoms with Gasteiger partial charge in [0.1, 0.15) is 5.82 Å². The van der Waals surface area contributed by atoms with Gasteiger partial charge in [-0.15, -0.1) is 0 Å². The number of unbranched alkanes of at least 4 members (excludes halogenated alkanes) is 2. The zero-order chi connectivity index (χ0) is 12.0. The van der Waals surface area contributed by atoms with Crippen molar-refractivity contribution in [1.82, 2.24) is 4.98 Å². The molecule has 0 amide bonds. The topological polar surface area (TPSA) is 36.4 Å². The molecular weight excluding hydrogens is 247 g/mol. The quantitative estimate of drug-likeness (QED) is 0.801. The Bertz CT molecular complexity index is 334. The first-order valence-electron chi connectivity index (χ1n) is 5.28. The zero-order valence-corrected chi connectivity index (χ0v) is 10.8. The fraction of sp³-hybridized carbons (Fsp3) is 0.545. The van der Waals surface area contributed by atoms with Gasteiger partial charge in [0.2, 0.25) is 0 Å². The third-order valence-corrected chi connectivity index (χ3v) is 2.79. The van der Waals surface area contributed by atoms with E-state index in [9.17, 15) is 0 Å². The Morgan fingerprint density at radius 1 is 1.31 bits per heavy atom. The summed E-state index contributed by atoms with van der Waals surface area (Å²) in [6, 6.07) is 1.69. The fourth-order valence-electron chi connectivity index (χ4n) is 1.43. The number of nitrogens with zero attached hydrogens (tertiary/aromatic N) is 2. The molecule has 0 aliphatic carbocycles. The summed E-state index contributed by atoms with van der Waals surface area (Å²) in [6.07, 6.45) is 4.45. The lowest BCUT2D eigenvalue weighted by molar-refractivity contribution is 0.283. The van der Waals surface area contributed by atoms with E-state index in [0.717, 1.165) is 31.6 Å². The zero-order valence-electron chi connectivity index (χ0n) is 9.29. The maximum Gasteiger partial charge on any atom is 0.147 e. The van der Waals surface area contributed by atoms with Gasteiger partial charge in [-0.05, 0) is 25.3 Å². The van der Waals surface area contributed by atoms with Crippen molar-refractivity contribution in [2.24, 2.45) is 0 Å². The van der Waals surface area contributed by atoms with Crippen LogP contribution in [-0.4, -0.2) is 30.3 Å². The van der Waals surface area contributed by atoms with E-state index in [4.69, 9.17) is 28.3 Å². The predicted octanol–water partition coefficient (Wildman–Crippen LogP) is 2.99. The third kappa shape index (κ3) is 4.16. The number of hydrogen-bond donors (Lipinski definition) is 1. The smallest absolute Gasteiger partial charge is 0.147 e. The molecule has 1 N–H and O–H groups in total. The van der Waals surface area contributed by atoms with Crippen LogP contribution in [-0.2, 0) is 0 Å². The van der Waals surface area contributed by atoms with Crippen LogP contribution in [0.4, 0.5) is 5.82 Å². The first kappa shape index (κ1) is 13.6. The van der Waals surface area contributed by atoms with E-state index in [0.29, 0.717) is 10.0 Å². The molecule has 0 unspecified atom stereocenters. The standard InChI is InChI=1S/C11H16Cl2N2O/c1-15(5-3-2-4-6-16)11-10(13)7-9(12)8-14-11/h7-8,16H,2-6H2,1H3. The lowest BCUT2D eigenvalue weighted by Gasteiger charge is -2.19. The Morgan fingerprint density at radius 3 is 2.69 bits per heavy atom. The molecule has 0 fully saturated rings. The molecule has 0 aliphatic rings. The van der Waals surface area contributed by atoms with Crippen molar-refractivity contribution in [3.8, 4) is 0 Å². The van der Waals surface area contributed by atoms with Gasteiger partial charge in [-0.3, -0.25) is 0 Å². The highest BCUT2D eigenvalue weighted by Gasteiger charge is 2.07. The predicted molar refractivity (Wildman–Crippen MR) is 68.5 cm³/mol. The lowest BCUT2D eigenvalue weighted by atomic mass is 10.2. The van der Waals surface area contributed by atoms with E-state index in [1.165, 1.54) is 0 Å². The lowest BCUT2D eigenvalue weighted by Crippen LogP contribution is -2.20. The molecule has 0 saturated carbocycles. The molecule has 0 saturated heterocycles. The van der Waals surface area contributed by atoms with E-state index >= 15 is 0 Å². The van der Waals surface area contributed by atoms with Gasteiger partial charge < -0.3 is 10.0 Å². The highest BCUT2D eigenvalue weighted by molar-refractivity contribution is 6.35. The number of aliphatic hydroxyl groups is 1. The van der Waals surface area contributed by atoms with Gasteiger partial charge >= 0.3 is 0 Å². The van der Waals surface area contributed by atoms with Crippen molar-refractivity contribution in [2.45, 2.75) is 19.3 Å². The second kappa shape index (κ2) is 6.94. The van der Waals surface area contributed by atoms with Crippen LogP contribution >= 0.6 is 23.2 Å². The third-order valence-electron chi connectivity index (χ3n) is 2.30. The van der Waals surface area contributed by atoms with Crippen molar-refractivity contribution in [3.05, 3.63) is 22.3 Å². The minimum absolute atomic E-state index is 0.254. The Kier molecular flexibility index (Phi) is 5.88. The van der Waals surface area contributed by atoms with Gasteiger partial charge in [-0.2, -0.15) is 0 Å². The molecule has 16 heavy (non-hydrogen) atoms. The van der Waals surface area contributed by atoms with Gasteiger partial charge in [0.15, 0.2) is 0 Å². The van der Waals surface area contributed by atoms with E-state index in [2.05, 4.69) is 4.98 Å². The van der Waals surface area contributed by atoms with E-state index in [-0.39, 0.29) is 6.61 Å². The fourth-order valence-corrected chi connectivity index (χ4v) is 1.96. The summed E-state index contributed by atoms with van der Waals surface area (Å²) < 4.78 is 0. The largest absolute Gasteiger partial charge is 0.396 e. The first-order valence-corrected chi connectivity index (χ1v) is 6.04. The van der Waals surface area contributed by atoms with Crippen molar-refractivity contribution in [1.29, 1.82) is 0 Å². The molecule has 0 spiro atoms. The molecule has 1 aromatic rings. The van der Waals surface area contributed by atoms with Gasteiger partial charge in [0, 0.05) is 26.4 Å². The van der Waals surface area contributed by atoms with Crippen molar-refractivity contribution in [3.63, 3.8) is 0 Å². The maximum atomic E-state index is 8.66. The summed E-state index contributed by atoms with van der Waals surface area (Å²) in [7, 11) is 1.95. The Labute approximate surface area is 106 Å². The molecule has 1 heterocycles. The van der Waals surface area contributed by atoms with Crippen LogP contribution in [0.2, 0.25) is 10.0 Å². The number of anilines is 1. The molecule has 0 bridgehead atoms. The maximum absolute atomic E-state index is 8.66. The molecule has 90 valence electrons. The first-order chi connectivity index (χ1) is 7.65. The van der Waals surface area contributed by atoms with Crippen molar-refractivity contribution >= 4 is 29.0 Å². The van der Waals surface area contributed by atoms with E-state index in [1.807, 2.05) is 11.9 Å². The van der Waals surface area contributed by atoms with Crippen molar-refractivity contribution in [2.75, 3.05) is 25.1 Å². The van der Waals surface area contributed by atoms with E-state index < -0.39 is 0 Å².